The van der Waals surface area contributed by atoms with Gasteiger partial charge in [0.25, 0.3) is 0 Å². The molecule has 0 fully saturated rings. The monoisotopic (exact) mass is 286 g/mol. The van der Waals surface area contributed by atoms with Crippen molar-refractivity contribution in [3.05, 3.63) is 23.8 Å². The van der Waals surface area contributed by atoms with Gasteiger partial charge in [0.1, 0.15) is 9.84 Å². The number of ether oxygens (including phenoxy) is 1. The van der Waals surface area contributed by atoms with Gasteiger partial charge in [-0.15, -0.1) is 0 Å². The molecule has 1 rings (SSSR count). The lowest BCUT2D eigenvalue weighted by Gasteiger charge is -2.21. The van der Waals surface area contributed by atoms with Crippen LogP contribution in [0.5, 0.6) is 0 Å². The van der Waals surface area contributed by atoms with Gasteiger partial charge >= 0.3 is 5.97 Å². The van der Waals surface area contributed by atoms with Crippen molar-refractivity contribution in [3.8, 4) is 0 Å². The van der Waals surface area contributed by atoms with Gasteiger partial charge in [-0.2, -0.15) is 0 Å². The lowest BCUT2D eigenvalue weighted by molar-refractivity contribution is 0.0601. The summed E-state index contributed by atoms with van der Waals surface area (Å²) < 4.78 is 26.9. The first-order valence-corrected chi connectivity index (χ1v) is 7.67. The molecule has 0 bridgehead atoms. The van der Waals surface area contributed by atoms with Gasteiger partial charge in [0.2, 0.25) is 0 Å². The molecule has 0 aliphatic rings. The van der Waals surface area contributed by atoms with E-state index in [1.165, 1.54) is 13.4 Å². The number of sulfone groups is 1. The van der Waals surface area contributed by atoms with Gasteiger partial charge in [0, 0.05) is 19.8 Å². The normalized spacial score (nSPS) is 11.1. The van der Waals surface area contributed by atoms with Crippen LogP contribution in [0.4, 0.5) is 11.4 Å². The van der Waals surface area contributed by atoms with Crippen molar-refractivity contribution < 1.29 is 17.9 Å². The highest BCUT2D eigenvalue weighted by atomic mass is 32.2. The molecule has 1 aromatic carbocycles. The molecule has 0 unspecified atom stereocenters. The average molecular weight is 286 g/mol. The average Bonchev–Trinajstić information content (AvgIpc) is 2.34. The van der Waals surface area contributed by atoms with Crippen LogP contribution in [0.25, 0.3) is 0 Å². The van der Waals surface area contributed by atoms with Crippen LogP contribution in [-0.2, 0) is 14.6 Å². The van der Waals surface area contributed by atoms with Crippen molar-refractivity contribution in [2.75, 3.05) is 43.3 Å². The highest BCUT2D eigenvalue weighted by Gasteiger charge is 2.13. The fourth-order valence-electron chi connectivity index (χ4n) is 1.54. The van der Waals surface area contributed by atoms with E-state index in [-0.39, 0.29) is 5.75 Å². The number of hydrogen-bond donors (Lipinski definition) is 1. The Kier molecular flexibility index (Phi) is 4.77. The molecule has 0 atom stereocenters. The Balaban J connectivity index is 2.95. The molecule has 0 aromatic heterocycles. The molecule has 0 heterocycles. The summed E-state index contributed by atoms with van der Waals surface area (Å²) in [5, 5.41) is 0. The van der Waals surface area contributed by atoms with Crippen LogP contribution in [0.3, 0.4) is 0 Å². The Hall–Kier alpha value is -1.76. The molecule has 0 saturated carbocycles. The number of nitrogen functional groups attached to an aromatic ring is 1. The first-order valence-electron chi connectivity index (χ1n) is 5.61. The Morgan fingerprint density at radius 3 is 2.58 bits per heavy atom. The Bertz CT molecular complexity index is 569. The van der Waals surface area contributed by atoms with E-state index in [1.807, 2.05) is 0 Å². The first kappa shape index (κ1) is 15.3. The maximum absolute atomic E-state index is 11.4. The molecule has 6 nitrogen and oxygen atoms in total. The molecule has 0 aliphatic carbocycles. The number of hydrogen-bond acceptors (Lipinski definition) is 6. The summed E-state index contributed by atoms with van der Waals surface area (Å²) in [7, 11) is -0.0277. The highest BCUT2D eigenvalue weighted by molar-refractivity contribution is 7.90. The van der Waals surface area contributed by atoms with Crippen molar-refractivity contribution in [1.82, 2.24) is 0 Å². The minimum atomic E-state index is -3.05. The molecule has 2 N–H and O–H groups in total. The van der Waals surface area contributed by atoms with Crippen LogP contribution in [0, 0.1) is 0 Å². The third kappa shape index (κ3) is 4.44. The molecule has 106 valence electrons. The van der Waals surface area contributed by atoms with E-state index in [2.05, 4.69) is 4.74 Å². The second-order valence-corrected chi connectivity index (χ2v) is 6.58. The molecular weight excluding hydrogens is 268 g/mol. The fourth-order valence-corrected chi connectivity index (χ4v) is 2.15. The number of carbonyl (C=O) groups excluding carboxylic acids is 1. The smallest absolute Gasteiger partial charge is 0.337 e. The van der Waals surface area contributed by atoms with Gasteiger partial charge < -0.3 is 15.4 Å². The zero-order valence-electron chi connectivity index (χ0n) is 11.2. The molecule has 0 radical (unpaired) electrons. The van der Waals surface area contributed by atoms with Crippen molar-refractivity contribution >= 4 is 27.2 Å². The predicted octanol–water partition coefficient (Wildman–Crippen LogP) is 0.536. The molecule has 0 aliphatic heterocycles. The van der Waals surface area contributed by atoms with Gasteiger partial charge in [-0.3, -0.25) is 0 Å². The summed E-state index contributed by atoms with van der Waals surface area (Å²) in [6.45, 7) is 0.299. The highest BCUT2D eigenvalue weighted by Crippen LogP contribution is 2.23. The second-order valence-electron chi connectivity index (χ2n) is 4.32. The molecule has 0 amide bonds. The number of nitrogens with zero attached hydrogens (tertiary/aromatic N) is 1. The fraction of sp³-hybridized carbons (Fsp3) is 0.417. The number of benzene rings is 1. The third-order valence-corrected chi connectivity index (χ3v) is 3.58. The SMILES string of the molecule is COC(=O)c1ccc(N)c(N(C)CCS(C)(=O)=O)c1. The van der Waals surface area contributed by atoms with E-state index in [4.69, 9.17) is 5.73 Å². The minimum Gasteiger partial charge on any atom is -0.465 e. The summed E-state index contributed by atoms with van der Waals surface area (Å²) in [5.41, 5.74) is 7.28. The van der Waals surface area contributed by atoms with Crippen molar-refractivity contribution in [2.45, 2.75) is 0 Å². The van der Waals surface area contributed by atoms with Gasteiger partial charge in [-0.1, -0.05) is 0 Å². The van der Waals surface area contributed by atoms with Gasteiger partial charge in [0.05, 0.1) is 29.8 Å². The molecular formula is C12H18N2O4S. The van der Waals surface area contributed by atoms with Crippen LogP contribution in [0.1, 0.15) is 10.4 Å². The van der Waals surface area contributed by atoms with Gasteiger partial charge in [0.15, 0.2) is 0 Å². The van der Waals surface area contributed by atoms with E-state index < -0.39 is 15.8 Å². The van der Waals surface area contributed by atoms with Crippen LogP contribution >= 0.6 is 0 Å². The molecule has 0 spiro atoms. The number of carbonyl (C=O) groups is 1. The van der Waals surface area contributed by atoms with Crippen molar-refractivity contribution in [1.29, 1.82) is 0 Å². The quantitative estimate of drug-likeness (QED) is 0.627. The van der Waals surface area contributed by atoms with E-state index in [9.17, 15) is 13.2 Å². The van der Waals surface area contributed by atoms with E-state index in [1.54, 1.807) is 30.1 Å². The lowest BCUT2D eigenvalue weighted by atomic mass is 10.1. The Labute approximate surface area is 113 Å². The molecule has 1 aromatic rings. The summed E-state index contributed by atoms with van der Waals surface area (Å²) >= 11 is 0. The summed E-state index contributed by atoms with van der Waals surface area (Å²) in [6, 6.07) is 4.75. The van der Waals surface area contributed by atoms with Crippen LogP contribution in [-0.4, -0.2) is 47.1 Å². The zero-order valence-corrected chi connectivity index (χ0v) is 12.0. The lowest BCUT2D eigenvalue weighted by Crippen LogP contribution is -2.25. The zero-order chi connectivity index (χ0) is 14.6. The molecule has 0 saturated heterocycles. The molecule has 7 heteroatoms. The number of methoxy groups -OCH3 is 1. The second kappa shape index (κ2) is 5.92. The van der Waals surface area contributed by atoms with Gasteiger partial charge in [-0.25, -0.2) is 13.2 Å². The standard InChI is InChI=1S/C12H18N2O4S/c1-14(6-7-19(3,16)17)11-8-9(12(15)18-2)4-5-10(11)13/h4-5,8H,6-7,13H2,1-3H3. The van der Waals surface area contributed by atoms with Crippen LogP contribution in [0.15, 0.2) is 18.2 Å². The van der Waals surface area contributed by atoms with Gasteiger partial charge in [-0.05, 0) is 18.2 Å². The van der Waals surface area contributed by atoms with E-state index in [0.717, 1.165) is 0 Å². The van der Waals surface area contributed by atoms with Crippen LogP contribution < -0.4 is 10.6 Å². The minimum absolute atomic E-state index is 0.0192. The largest absolute Gasteiger partial charge is 0.465 e. The molecule has 19 heavy (non-hydrogen) atoms. The summed E-state index contributed by atoms with van der Waals surface area (Å²) in [4.78, 5) is 13.1. The third-order valence-electron chi connectivity index (χ3n) is 2.66. The number of nitrogens with two attached hydrogens (primary N) is 1. The van der Waals surface area contributed by atoms with Crippen molar-refractivity contribution in [2.24, 2.45) is 0 Å². The maximum atomic E-state index is 11.4. The maximum Gasteiger partial charge on any atom is 0.337 e. The van der Waals surface area contributed by atoms with E-state index in [0.29, 0.717) is 23.5 Å². The first-order chi connectivity index (χ1) is 8.74. The summed E-state index contributed by atoms with van der Waals surface area (Å²) in [6.07, 6.45) is 1.18. The topological polar surface area (TPSA) is 89.7 Å². The predicted molar refractivity (Wildman–Crippen MR) is 75.2 cm³/mol. The van der Waals surface area contributed by atoms with Crippen molar-refractivity contribution in [3.63, 3.8) is 0 Å². The Morgan fingerprint density at radius 1 is 1.42 bits per heavy atom. The number of esters is 1. The number of rotatable bonds is 5. The van der Waals surface area contributed by atoms with E-state index >= 15 is 0 Å². The summed E-state index contributed by atoms with van der Waals surface area (Å²) in [5.74, 6) is -0.441. The number of anilines is 2. The Morgan fingerprint density at radius 2 is 2.05 bits per heavy atom. The van der Waals surface area contributed by atoms with Crippen LogP contribution in [0.2, 0.25) is 0 Å².